The molecule has 0 radical (unpaired) electrons. The molecule has 0 spiro atoms. The number of benzene rings is 1. The molecule has 1 aliphatic heterocycles. The van der Waals surface area contributed by atoms with Crippen molar-refractivity contribution < 1.29 is 33.3 Å². The quantitative estimate of drug-likeness (QED) is 0.359. The summed E-state index contributed by atoms with van der Waals surface area (Å²) in [6.45, 7) is 2.96. The lowest BCUT2D eigenvalue weighted by Gasteiger charge is -2.29. The standard InChI is InChI=1S/C26H31N5O7/c1-3-35-26(33)31-16-6-4-15(5-7-16)30-25(32)17-12-27-23-21(17)28-13-29-22(23)20-18(36-11-10-34-2)8-9-19-24(20)38-14-37-19/h8-9,12-13,15-16,27H,3-7,10-11,14H2,1-2H3,(H,30,32)(H,31,33)/t15-,16+. The van der Waals surface area contributed by atoms with E-state index in [9.17, 15) is 9.59 Å². The molecule has 3 aromatic rings. The molecule has 5 rings (SSSR count). The first-order valence-corrected chi connectivity index (χ1v) is 12.7. The molecular formula is C26H31N5O7. The van der Waals surface area contributed by atoms with Gasteiger partial charge in [-0.25, -0.2) is 14.8 Å². The maximum Gasteiger partial charge on any atom is 0.407 e. The number of methoxy groups -OCH3 is 1. The number of alkyl carbamates (subject to hydrolysis) is 1. The van der Waals surface area contributed by atoms with Crippen LogP contribution in [0.25, 0.3) is 22.3 Å². The second-order valence-corrected chi connectivity index (χ2v) is 9.05. The highest BCUT2D eigenvalue weighted by Gasteiger charge is 2.28. The number of aromatic nitrogens is 3. The van der Waals surface area contributed by atoms with Crippen LogP contribution in [0.3, 0.4) is 0 Å². The van der Waals surface area contributed by atoms with Gasteiger partial charge in [0.05, 0.1) is 29.9 Å². The molecule has 2 amide bonds. The monoisotopic (exact) mass is 525 g/mol. The van der Waals surface area contributed by atoms with Gasteiger partial charge in [-0.2, -0.15) is 0 Å². The molecule has 2 aliphatic rings. The van der Waals surface area contributed by atoms with Crippen LogP contribution in [0.2, 0.25) is 0 Å². The first-order valence-electron chi connectivity index (χ1n) is 12.7. The third-order valence-corrected chi connectivity index (χ3v) is 6.65. The zero-order valence-corrected chi connectivity index (χ0v) is 21.4. The predicted octanol–water partition coefficient (Wildman–Crippen LogP) is 3.17. The number of aromatic amines is 1. The molecule has 12 nitrogen and oxygen atoms in total. The predicted molar refractivity (Wildman–Crippen MR) is 136 cm³/mol. The van der Waals surface area contributed by atoms with E-state index in [1.54, 1.807) is 32.4 Å². The molecule has 38 heavy (non-hydrogen) atoms. The third-order valence-electron chi connectivity index (χ3n) is 6.65. The summed E-state index contributed by atoms with van der Waals surface area (Å²) in [5.74, 6) is 1.44. The third kappa shape index (κ3) is 5.30. The number of carbonyl (C=O) groups is 2. The number of carbonyl (C=O) groups excluding carboxylic acids is 2. The Balaban J connectivity index is 1.35. The van der Waals surface area contributed by atoms with E-state index in [0.717, 1.165) is 25.7 Å². The number of rotatable bonds is 9. The van der Waals surface area contributed by atoms with Crippen molar-refractivity contribution in [3.63, 3.8) is 0 Å². The SMILES string of the molecule is CCOC(=O)N[C@H]1CC[C@@H](NC(=O)c2c[nH]c3c(-c4c(OCCOC)ccc5c4OCO5)ncnc23)CC1. The van der Waals surface area contributed by atoms with E-state index in [2.05, 4.69) is 25.6 Å². The summed E-state index contributed by atoms with van der Waals surface area (Å²) in [4.78, 5) is 37.0. The Kier molecular flexibility index (Phi) is 7.78. The number of fused-ring (bicyclic) bond motifs is 2. The average Bonchev–Trinajstić information content (AvgIpc) is 3.57. The molecule has 0 unspecified atom stereocenters. The van der Waals surface area contributed by atoms with Gasteiger partial charge in [-0.1, -0.05) is 0 Å². The first-order chi connectivity index (χ1) is 18.6. The average molecular weight is 526 g/mol. The van der Waals surface area contributed by atoms with Crippen LogP contribution in [0.15, 0.2) is 24.7 Å². The van der Waals surface area contributed by atoms with Crippen molar-refractivity contribution in [2.45, 2.75) is 44.7 Å². The molecule has 0 saturated heterocycles. The number of nitrogens with one attached hydrogen (secondary N) is 3. The Hall–Kier alpha value is -4.06. The van der Waals surface area contributed by atoms with E-state index in [1.807, 2.05) is 0 Å². The molecule has 0 bridgehead atoms. The summed E-state index contributed by atoms with van der Waals surface area (Å²) in [7, 11) is 1.61. The minimum Gasteiger partial charge on any atom is -0.490 e. The van der Waals surface area contributed by atoms with Crippen LogP contribution in [-0.4, -0.2) is 72.8 Å². The van der Waals surface area contributed by atoms with Crippen LogP contribution in [0.4, 0.5) is 4.79 Å². The highest BCUT2D eigenvalue weighted by molar-refractivity contribution is 6.08. The van der Waals surface area contributed by atoms with Crippen LogP contribution < -0.4 is 24.8 Å². The number of hydrogen-bond acceptors (Lipinski definition) is 9. The number of hydrogen-bond donors (Lipinski definition) is 3. The molecule has 3 N–H and O–H groups in total. The van der Waals surface area contributed by atoms with Gasteiger partial charge in [0.2, 0.25) is 6.79 Å². The molecule has 1 aromatic carbocycles. The topological polar surface area (TPSA) is 146 Å². The maximum atomic E-state index is 13.2. The molecule has 202 valence electrons. The van der Waals surface area contributed by atoms with E-state index in [4.69, 9.17) is 23.7 Å². The lowest BCUT2D eigenvalue weighted by molar-refractivity contribution is 0.0923. The Morgan fingerprint density at radius 3 is 2.63 bits per heavy atom. The van der Waals surface area contributed by atoms with Gasteiger partial charge in [0.1, 0.15) is 29.9 Å². The fourth-order valence-corrected chi connectivity index (χ4v) is 4.82. The maximum absolute atomic E-state index is 13.2. The van der Waals surface area contributed by atoms with Crippen molar-refractivity contribution in [2.75, 3.05) is 33.7 Å². The van der Waals surface area contributed by atoms with E-state index in [-0.39, 0.29) is 24.8 Å². The summed E-state index contributed by atoms with van der Waals surface area (Å²) >= 11 is 0. The van der Waals surface area contributed by atoms with Gasteiger partial charge in [-0.15, -0.1) is 0 Å². The first kappa shape index (κ1) is 25.6. The number of amides is 2. The number of ether oxygens (including phenoxy) is 5. The lowest BCUT2D eigenvalue weighted by Crippen LogP contribution is -2.43. The molecule has 1 aliphatic carbocycles. The Morgan fingerprint density at radius 1 is 1.08 bits per heavy atom. The molecule has 12 heteroatoms. The van der Waals surface area contributed by atoms with Crippen molar-refractivity contribution in [3.05, 3.63) is 30.2 Å². The van der Waals surface area contributed by atoms with Crippen molar-refractivity contribution in [3.8, 4) is 28.5 Å². The largest absolute Gasteiger partial charge is 0.490 e. The zero-order chi connectivity index (χ0) is 26.5. The summed E-state index contributed by atoms with van der Waals surface area (Å²) in [5, 5.41) is 5.99. The van der Waals surface area contributed by atoms with Gasteiger partial charge < -0.3 is 39.3 Å². The number of H-pyrrole nitrogens is 1. The van der Waals surface area contributed by atoms with Gasteiger partial charge in [-0.3, -0.25) is 4.79 Å². The van der Waals surface area contributed by atoms with Crippen molar-refractivity contribution >= 4 is 23.0 Å². The van der Waals surface area contributed by atoms with Crippen LogP contribution >= 0.6 is 0 Å². The second kappa shape index (κ2) is 11.5. The van der Waals surface area contributed by atoms with Gasteiger partial charge in [0.15, 0.2) is 11.5 Å². The summed E-state index contributed by atoms with van der Waals surface area (Å²) in [6.07, 6.45) is 5.68. The molecular weight excluding hydrogens is 494 g/mol. The highest BCUT2D eigenvalue weighted by atomic mass is 16.7. The fraction of sp³-hybridized carbons (Fsp3) is 0.462. The normalized spacial score (nSPS) is 18.3. The molecule has 1 fully saturated rings. The Labute approximate surface area is 219 Å². The van der Waals surface area contributed by atoms with Crippen molar-refractivity contribution in [1.29, 1.82) is 0 Å². The minimum absolute atomic E-state index is 0.00210. The zero-order valence-electron chi connectivity index (χ0n) is 21.4. The molecule has 3 heterocycles. The fourth-order valence-electron chi connectivity index (χ4n) is 4.82. The van der Waals surface area contributed by atoms with Crippen LogP contribution in [0, 0.1) is 0 Å². The van der Waals surface area contributed by atoms with E-state index < -0.39 is 6.09 Å². The smallest absolute Gasteiger partial charge is 0.407 e. The molecule has 2 aromatic heterocycles. The Morgan fingerprint density at radius 2 is 1.87 bits per heavy atom. The van der Waals surface area contributed by atoms with Crippen LogP contribution in [-0.2, 0) is 9.47 Å². The van der Waals surface area contributed by atoms with Gasteiger partial charge in [0, 0.05) is 25.4 Å². The lowest BCUT2D eigenvalue weighted by atomic mass is 9.91. The second-order valence-electron chi connectivity index (χ2n) is 9.05. The summed E-state index contributed by atoms with van der Waals surface area (Å²) in [6, 6.07) is 3.63. The van der Waals surface area contributed by atoms with Crippen molar-refractivity contribution in [2.24, 2.45) is 0 Å². The van der Waals surface area contributed by atoms with Gasteiger partial charge in [-0.05, 0) is 44.7 Å². The van der Waals surface area contributed by atoms with Crippen molar-refractivity contribution in [1.82, 2.24) is 25.6 Å². The van der Waals surface area contributed by atoms with E-state index in [0.29, 0.717) is 64.9 Å². The van der Waals surface area contributed by atoms with Crippen LogP contribution in [0.5, 0.6) is 17.2 Å². The molecule has 1 saturated carbocycles. The number of nitrogens with zero attached hydrogens (tertiary/aromatic N) is 2. The van der Waals surface area contributed by atoms with Gasteiger partial charge >= 0.3 is 6.09 Å². The Bertz CT molecular complexity index is 1300. The van der Waals surface area contributed by atoms with Gasteiger partial charge in [0.25, 0.3) is 5.91 Å². The molecule has 0 atom stereocenters. The minimum atomic E-state index is -0.400. The highest BCUT2D eigenvalue weighted by Crippen LogP contribution is 2.47. The van der Waals surface area contributed by atoms with E-state index >= 15 is 0 Å². The van der Waals surface area contributed by atoms with E-state index in [1.165, 1.54) is 6.33 Å². The summed E-state index contributed by atoms with van der Waals surface area (Å²) in [5.41, 5.74) is 2.64. The summed E-state index contributed by atoms with van der Waals surface area (Å²) < 4.78 is 27.4. The van der Waals surface area contributed by atoms with Crippen LogP contribution in [0.1, 0.15) is 43.0 Å².